The molecule has 1 atom stereocenters. The number of hydrogen-bond donors (Lipinski definition) is 3. The monoisotopic (exact) mass is 383 g/mol. The van der Waals surface area contributed by atoms with Gasteiger partial charge in [0.2, 0.25) is 5.91 Å². The van der Waals surface area contributed by atoms with Crippen LogP contribution in [0.5, 0.6) is 0 Å². The Morgan fingerprint density at radius 3 is 2.73 bits per heavy atom. The number of aromatic amines is 1. The summed E-state index contributed by atoms with van der Waals surface area (Å²) in [4.78, 5) is 36.7. The number of alkyl carbamates (subject to hydrolysis) is 1. The van der Waals surface area contributed by atoms with Gasteiger partial charge < -0.3 is 20.7 Å². The molecule has 2 fully saturated rings. The standard InChI is InChI=1S/C16H22ClN5O4/c17-13-12(7-19-21-15(13)24)22-6-5-11(8-22)26-16(25)20-10-3-1-9(2-4-10)14(18)23/h7,9-11H,1-6,8H2,(H2,18,23)(H,20,25)(H,21,24)/t9?,10?,11-/m1/s1. The third kappa shape index (κ3) is 4.27. The van der Waals surface area contributed by atoms with E-state index in [2.05, 4.69) is 15.5 Å². The fraction of sp³-hybridized carbons (Fsp3) is 0.625. The third-order valence-electron chi connectivity index (χ3n) is 4.99. The molecule has 1 aliphatic carbocycles. The minimum Gasteiger partial charge on any atom is -0.444 e. The van der Waals surface area contributed by atoms with Crippen molar-refractivity contribution in [3.05, 3.63) is 21.6 Å². The zero-order valence-electron chi connectivity index (χ0n) is 14.2. The highest BCUT2D eigenvalue weighted by Gasteiger charge is 2.30. The number of hydrogen-bond acceptors (Lipinski definition) is 6. The molecule has 0 unspecified atom stereocenters. The van der Waals surface area contributed by atoms with Crippen molar-refractivity contribution < 1.29 is 14.3 Å². The van der Waals surface area contributed by atoms with Gasteiger partial charge >= 0.3 is 6.09 Å². The summed E-state index contributed by atoms with van der Waals surface area (Å²) in [5.41, 5.74) is 5.40. The Morgan fingerprint density at radius 1 is 1.31 bits per heavy atom. The zero-order chi connectivity index (χ0) is 18.7. The second kappa shape index (κ2) is 7.94. The summed E-state index contributed by atoms with van der Waals surface area (Å²) in [7, 11) is 0. The first-order valence-corrected chi connectivity index (χ1v) is 9.06. The quantitative estimate of drug-likeness (QED) is 0.704. The van der Waals surface area contributed by atoms with E-state index in [0.29, 0.717) is 50.9 Å². The number of nitrogens with two attached hydrogens (primary N) is 1. The molecule has 3 rings (SSSR count). The molecule has 1 aromatic rings. The van der Waals surface area contributed by atoms with Crippen molar-refractivity contribution in [2.45, 2.75) is 44.2 Å². The van der Waals surface area contributed by atoms with Gasteiger partial charge in [-0.15, -0.1) is 0 Å². The van der Waals surface area contributed by atoms with E-state index in [1.807, 2.05) is 4.90 Å². The van der Waals surface area contributed by atoms with Crippen LogP contribution in [-0.4, -0.2) is 47.4 Å². The summed E-state index contributed by atoms with van der Waals surface area (Å²) in [6.07, 6.45) is 4.19. The van der Waals surface area contributed by atoms with Crippen LogP contribution >= 0.6 is 11.6 Å². The number of nitrogens with zero attached hydrogens (tertiary/aromatic N) is 2. The number of anilines is 1. The molecule has 4 N–H and O–H groups in total. The molecular formula is C16H22ClN5O4. The first kappa shape index (κ1) is 18.5. The average Bonchev–Trinajstić information content (AvgIpc) is 3.05. The van der Waals surface area contributed by atoms with Crippen molar-refractivity contribution in [3.8, 4) is 0 Å². The highest BCUT2D eigenvalue weighted by Crippen LogP contribution is 2.26. The van der Waals surface area contributed by atoms with Crippen LogP contribution in [0.25, 0.3) is 0 Å². The lowest BCUT2D eigenvalue weighted by molar-refractivity contribution is -0.122. The molecule has 2 amide bonds. The summed E-state index contributed by atoms with van der Waals surface area (Å²) in [6.45, 7) is 1.07. The van der Waals surface area contributed by atoms with Gasteiger partial charge in [0.15, 0.2) is 0 Å². The average molecular weight is 384 g/mol. The van der Waals surface area contributed by atoms with E-state index in [0.717, 1.165) is 0 Å². The van der Waals surface area contributed by atoms with E-state index in [9.17, 15) is 14.4 Å². The number of H-pyrrole nitrogens is 1. The van der Waals surface area contributed by atoms with Crippen LogP contribution in [0.15, 0.2) is 11.0 Å². The van der Waals surface area contributed by atoms with Crippen LogP contribution in [0.2, 0.25) is 5.02 Å². The van der Waals surface area contributed by atoms with Gasteiger partial charge in [-0.3, -0.25) is 9.59 Å². The summed E-state index contributed by atoms with van der Waals surface area (Å²) < 4.78 is 5.48. The normalized spacial score (nSPS) is 25.7. The SMILES string of the molecule is NC(=O)C1CCC(NC(=O)O[C@@H]2CCN(c3cn[nH]c(=O)c3Cl)C2)CC1. The Labute approximate surface area is 155 Å². The van der Waals surface area contributed by atoms with Gasteiger partial charge in [0.1, 0.15) is 11.1 Å². The number of amides is 2. The number of carbonyl (C=O) groups excluding carboxylic acids is 2. The van der Waals surface area contributed by atoms with Gasteiger partial charge in [-0.1, -0.05) is 11.6 Å². The van der Waals surface area contributed by atoms with E-state index in [1.165, 1.54) is 6.20 Å². The molecule has 0 bridgehead atoms. The number of halogens is 1. The number of carbonyl (C=O) groups is 2. The predicted octanol–water partition coefficient (Wildman–Crippen LogP) is 0.772. The van der Waals surface area contributed by atoms with Crippen molar-refractivity contribution in [1.82, 2.24) is 15.5 Å². The largest absolute Gasteiger partial charge is 0.444 e. The van der Waals surface area contributed by atoms with Gasteiger partial charge in [0, 0.05) is 24.9 Å². The van der Waals surface area contributed by atoms with Crippen LogP contribution in [-0.2, 0) is 9.53 Å². The van der Waals surface area contributed by atoms with E-state index < -0.39 is 11.7 Å². The topological polar surface area (TPSA) is 130 Å². The lowest BCUT2D eigenvalue weighted by atomic mass is 9.86. The Morgan fingerprint density at radius 2 is 2.04 bits per heavy atom. The molecule has 142 valence electrons. The number of primary amides is 1. The fourth-order valence-corrected chi connectivity index (χ4v) is 3.72. The van der Waals surface area contributed by atoms with Gasteiger partial charge in [0.05, 0.1) is 18.4 Å². The Bertz CT molecular complexity index is 732. The molecule has 2 heterocycles. The summed E-state index contributed by atoms with van der Waals surface area (Å²) >= 11 is 6.01. The lowest BCUT2D eigenvalue weighted by Gasteiger charge is -2.27. The maximum atomic E-state index is 12.1. The first-order chi connectivity index (χ1) is 12.4. The molecular weight excluding hydrogens is 362 g/mol. The number of aromatic nitrogens is 2. The second-order valence-electron chi connectivity index (χ2n) is 6.76. The van der Waals surface area contributed by atoms with Crippen LogP contribution in [0.1, 0.15) is 32.1 Å². The highest BCUT2D eigenvalue weighted by molar-refractivity contribution is 6.33. The molecule has 26 heavy (non-hydrogen) atoms. The Kier molecular flexibility index (Phi) is 5.65. The maximum absolute atomic E-state index is 12.1. The lowest BCUT2D eigenvalue weighted by Crippen LogP contribution is -2.41. The van der Waals surface area contributed by atoms with E-state index >= 15 is 0 Å². The molecule has 1 aliphatic heterocycles. The van der Waals surface area contributed by atoms with E-state index in [1.54, 1.807) is 0 Å². The highest BCUT2D eigenvalue weighted by atomic mass is 35.5. The smallest absolute Gasteiger partial charge is 0.407 e. The zero-order valence-corrected chi connectivity index (χ0v) is 15.0. The van der Waals surface area contributed by atoms with Gasteiger partial charge in [-0.05, 0) is 25.7 Å². The van der Waals surface area contributed by atoms with E-state index in [-0.39, 0.29) is 29.0 Å². The predicted molar refractivity (Wildman–Crippen MR) is 95.0 cm³/mol. The van der Waals surface area contributed by atoms with Crippen LogP contribution < -0.4 is 21.5 Å². The summed E-state index contributed by atoms with van der Waals surface area (Å²) in [5, 5.41) is 8.96. The molecule has 0 spiro atoms. The van der Waals surface area contributed by atoms with Gasteiger partial charge in [-0.2, -0.15) is 5.10 Å². The molecule has 9 nitrogen and oxygen atoms in total. The first-order valence-electron chi connectivity index (χ1n) is 8.68. The summed E-state index contributed by atoms with van der Waals surface area (Å²) in [6, 6.07) is 0.00179. The molecule has 1 saturated heterocycles. The summed E-state index contributed by atoms with van der Waals surface area (Å²) in [5.74, 6) is -0.371. The number of rotatable bonds is 4. The molecule has 2 aliphatic rings. The van der Waals surface area contributed by atoms with Crippen LogP contribution in [0, 0.1) is 5.92 Å². The molecule has 1 saturated carbocycles. The third-order valence-corrected chi connectivity index (χ3v) is 5.35. The van der Waals surface area contributed by atoms with E-state index in [4.69, 9.17) is 22.1 Å². The minimum absolute atomic E-state index is 0.00179. The van der Waals surface area contributed by atoms with Crippen molar-refractivity contribution in [3.63, 3.8) is 0 Å². The Balaban J connectivity index is 1.47. The molecule has 10 heteroatoms. The van der Waals surface area contributed by atoms with Crippen molar-refractivity contribution in [2.24, 2.45) is 11.7 Å². The van der Waals surface area contributed by atoms with Crippen molar-refractivity contribution in [1.29, 1.82) is 0 Å². The maximum Gasteiger partial charge on any atom is 0.407 e. The van der Waals surface area contributed by atoms with Gasteiger partial charge in [-0.25, -0.2) is 9.89 Å². The molecule has 1 aromatic heterocycles. The second-order valence-corrected chi connectivity index (χ2v) is 7.13. The van der Waals surface area contributed by atoms with Crippen LogP contribution in [0.3, 0.4) is 0 Å². The van der Waals surface area contributed by atoms with Gasteiger partial charge in [0.25, 0.3) is 5.56 Å². The Hall–Kier alpha value is -2.29. The molecule has 0 radical (unpaired) electrons. The van der Waals surface area contributed by atoms with Crippen LogP contribution in [0.4, 0.5) is 10.5 Å². The van der Waals surface area contributed by atoms with Crippen molar-refractivity contribution >= 4 is 29.3 Å². The minimum atomic E-state index is -0.463. The molecule has 0 aromatic carbocycles. The fourth-order valence-electron chi connectivity index (χ4n) is 3.51. The number of ether oxygens (including phenoxy) is 1. The number of nitrogens with one attached hydrogen (secondary N) is 2. The van der Waals surface area contributed by atoms with Crippen molar-refractivity contribution in [2.75, 3.05) is 18.0 Å².